The molecule has 1 aliphatic rings. The number of benzene rings is 1. The normalized spacial score (nSPS) is 16.5. The van der Waals surface area contributed by atoms with E-state index in [1.165, 1.54) is 20.9 Å². The maximum atomic E-state index is 4.36. The van der Waals surface area contributed by atoms with Crippen LogP contribution in [0.2, 0.25) is 0 Å². The molecule has 0 saturated carbocycles. The summed E-state index contributed by atoms with van der Waals surface area (Å²) in [5.41, 5.74) is 2.64. The molecule has 2 heterocycles. The van der Waals surface area contributed by atoms with Crippen LogP contribution in [0.4, 0.5) is 0 Å². The minimum absolute atomic E-state index is 1.03. The van der Waals surface area contributed by atoms with Gasteiger partial charge in [0.05, 0.1) is 0 Å². The van der Waals surface area contributed by atoms with Crippen molar-refractivity contribution < 1.29 is 0 Å². The van der Waals surface area contributed by atoms with Crippen LogP contribution < -0.4 is 0 Å². The molecule has 0 amide bonds. The van der Waals surface area contributed by atoms with Crippen LogP contribution in [0.1, 0.15) is 17.4 Å². The average Bonchev–Trinajstić information content (AvgIpc) is 2.99. The van der Waals surface area contributed by atoms with Crippen LogP contribution in [0.3, 0.4) is 0 Å². The second-order valence-electron chi connectivity index (χ2n) is 5.74. The number of thiophene rings is 1. The summed E-state index contributed by atoms with van der Waals surface area (Å²) < 4.78 is 0. The van der Waals surface area contributed by atoms with E-state index in [1.807, 2.05) is 24.5 Å². The Bertz CT molecular complexity index is 622. The number of hydrazone groups is 1. The summed E-state index contributed by atoms with van der Waals surface area (Å²) >= 11 is 1.91. The van der Waals surface area contributed by atoms with E-state index in [2.05, 4.69) is 58.3 Å². The lowest BCUT2D eigenvalue weighted by Crippen LogP contribution is -2.43. The summed E-state index contributed by atoms with van der Waals surface area (Å²) in [6.45, 7) is 9.40. The Kier molecular flexibility index (Phi) is 4.90. The Balaban J connectivity index is 1.59. The zero-order valence-electron chi connectivity index (χ0n) is 13.3. The minimum Gasteiger partial charge on any atom is -0.295 e. The van der Waals surface area contributed by atoms with Crippen LogP contribution in [-0.4, -0.2) is 42.3 Å². The van der Waals surface area contributed by atoms with Crippen molar-refractivity contribution in [3.8, 4) is 10.4 Å². The third-order valence-corrected chi connectivity index (χ3v) is 5.12. The summed E-state index contributed by atoms with van der Waals surface area (Å²) in [5, 5.41) is 6.52. The lowest BCUT2D eigenvalue weighted by molar-refractivity contribution is 0.132. The van der Waals surface area contributed by atoms with Gasteiger partial charge in [0.2, 0.25) is 0 Å². The fraction of sp³-hybridized carbons (Fsp3) is 0.389. The third-order valence-electron chi connectivity index (χ3n) is 4.00. The lowest BCUT2D eigenvalue weighted by Gasteiger charge is -2.32. The largest absolute Gasteiger partial charge is 0.295 e. The molecule has 0 aliphatic carbocycles. The molecule has 1 aromatic carbocycles. The fourth-order valence-electron chi connectivity index (χ4n) is 2.73. The standard InChI is InChI=1S/C18H23N3S/c1-3-19-21-12-10-20(11-13-21)14-17-8-9-18(22-17)16-6-4-15(2)5-7-16/h3-9H,10-14H2,1-2H3/b19-3+. The molecule has 0 unspecified atom stereocenters. The summed E-state index contributed by atoms with van der Waals surface area (Å²) in [6, 6.07) is 13.3. The second-order valence-corrected chi connectivity index (χ2v) is 6.90. The maximum Gasteiger partial charge on any atom is 0.0488 e. The van der Waals surface area contributed by atoms with E-state index in [-0.39, 0.29) is 0 Å². The average molecular weight is 313 g/mol. The molecule has 1 saturated heterocycles. The van der Waals surface area contributed by atoms with Crippen molar-refractivity contribution in [1.82, 2.24) is 9.91 Å². The molecule has 3 rings (SSSR count). The van der Waals surface area contributed by atoms with Gasteiger partial charge in [-0.25, -0.2) is 0 Å². The monoisotopic (exact) mass is 313 g/mol. The first kappa shape index (κ1) is 15.3. The zero-order chi connectivity index (χ0) is 15.4. The number of hydrogen-bond acceptors (Lipinski definition) is 4. The van der Waals surface area contributed by atoms with Gasteiger partial charge >= 0.3 is 0 Å². The SMILES string of the molecule is C/C=N/N1CCN(Cc2ccc(-c3ccc(C)cc3)s2)CC1. The quantitative estimate of drug-likeness (QED) is 0.799. The van der Waals surface area contributed by atoms with Gasteiger partial charge in [0.25, 0.3) is 0 Å². The van der Waals surface area contributed by atoms with E-state index in [1.54, 1.807) is 0 Å². The second kappa shape index (κ2) is 7.07. The van der Waals surface area contributed by atoms with E-state index < -0.39 is 0 Å². The summed E-state index contributed by atoms with van der Waals surface area (Å²) in [4.78, 5) is 5.33. The molecule has 0 bridgehead atoms. The molecule has 1 aromatic heterocycles. The van der Waals surface area contributed by atoms with Gasteiger partial charge in [0, 0.05) is 48.7 Å². The molecular weight excluding hydrogens is 290 g/mol. The molecule has 2 aromatic rings. The first-order valence-corrected chi connectivity index (χ1v) is 8.68. The maximum absolute atomic E-state index is 4.36. The van der Waals surface area contributed by atoms with Crippen molar-refractivity contribution in [3.63, 3.8) is 0 Å². The summed E-state index contributed by atoms with van der Waals surface area (Å²) in [6.07, 6.45) is 1.88. The van der Waals surface area contributed by atoms with Crippen molar-refractivity contribution in [3.05, 3.63) is 46.8 Å². The summed E-state index contributed by atoms with van der Waals surface area (Å²) in [7, 11) is 0. The first-order valence-electron chi connectivity index (χ1n) is 7.86. The predicted molar refractivity (Wildman–Crippen MR) is 95.5 cm³/mol. The molecular formula is C18H23N3S. The minimum atomic E-state index is 1.03. The van der Waals surface area contributed by atoms with E-state index in [9.17, 15) is 0 Å². The van der Waals surface area contributed by atoms with Crippen molar-refractivity contribution in [1.29, 1.82) is 0 Å². The van der Waals surface area contributed by atoms with E-state index in [4.69, 9.17) is 0 Å². The highest BCUT2D eigenvalue weighted by Gasteiger charge is 2.16. The highest BCUT2D eigenvalue weighted by molar-refractivity contribution is 7.15. The lowest BCUT2D eigenvalue weighted by atomic mass is 10.1. The Morgan fingerprint density at radius 3 is 2.45 bits per heavy atom. The first-order chi connectivity index (χ1) is 10.7. The molecule has 3 nitrogen and oxygen atoms in total. The molecule has 0 N–H and O–H groups in total. The van der Waals surface area contributed by atoms with Gasteiger partial charge in [0.1, 0.15) is 0 Å². The third kappa shape index (κ3) is 3.76. The number of hydrogen-bond donors (Lipinski definition) is 0. The number of nitrogens with zero attached hydrogens (tertiary/aromatic N) is 3. The Morgan fingerprint density at radius 2 is 1.77 bits per heavy atom. The molecule has 4 heteroatoms. The molecule has 0 spiro atoms. The highest BCUT2D eigenvalue weighted by Crippen LogP contribution is 2.29. The van der Waals surface area contributed by atoms with Gasteiger partial charge in [-0.2, -0.15) is 5.10 Å². The fourth-order valence-corrected chi connectivity index (χ4v) is 3.79. The van der Waals surface area contributed by atoms with Crippen LogP contribution in [-0.2, 0) is 6.54 Å². The van der Waals surface area contributed by atoms with Gasteiger partial charge < -0.3 is 0 Å². The van der Waals surface area contributed by atoms with E-state index >= 15 is 0 Å². The van der Waals surface area contributed by atoms with Gasteiger partial charge in [-0.15, -0.1) is 11.3 Å². The van der Waals surface area contributed by atoms with Crippen molar-refractivity contribution >= 4 is 17.6 Å². The molecule has 1 aliphatic heterocycles. The smallest absolute Gasteiger partial charge is 0.0488 e. The molecule has 0 radical (unpaired) electrons. The van der Waals surface area contributed by atoms with Crippen molar-refractivity contribution in [2.24, 2.45) is 5.10 Å². The molecule has 22 heavy (non-hydrogen) atoms. The number of rotatable bonds is 4. The van der Waals surface area contributed by atoms with Gasteiger partial charge in [-0.05, 0) is 31.5 Å². The van der Waals surface area contributed by atoms with E-state index in [0.29, 0.717) is 0 Å². The Morgan fingerprint density at radius 1 is 1.05 bits per heavy atom. The number of piperazine rings is 1. The predicted octanol–water partition coefficient (Wildman–Crippen LogP) is 3.85. The van der Waals surface area contributed by atoms with Crippen molar-refractivity contribution in [2.75, 3.05) is 26.2 Å². The van der Waals surface area contributed by atoms with Crippen LogP contribution in [0, 0.1) is 6.92 Å². The Labute approximate surface area is 136 Å². The van der Waals surface area contributed by atoms with Crippen molar-refractivity contribution in [2.45, 2.75) is 20.4 Å². The van der Waals surface area contributed by atoms with Gasteiger partial charge in [-0.3, -0.25) is 9.91 Å². The van der Waals surface area contributed by atoms with E-state index in [0.717, 1.165) is 32.7 Å². The topological polar surface area (TPSA) is 18.8 Å². The van der Waals surface area contributed by atoms with Crippen LogP contribution in [0.5, 0.6) is 0 Å². The highest BCUT2D eigenvalue weighted by atomic mass is 32.1. The zero-order valence-corrected chi connectivity index (χ0v) is 14.1. The van der Waals surface area contributed by atoms with Crippen LogP contribution in [0.25, 0.3) is 10.4 Å². The van der Waals surface area contributed by atoms with Gasteiger partial charge in [-0.1, -0.05) is 29.8 Å². The molecule has 116 valence electrons. The van der Waals surface area contributed by atoms with Crippen LogP contribution >= 0.6 is 11.3 Å². The Hall–Kier alpha value is -1.65. The molecule has 0 atom stereocenters. The summed E-state index contributed by atoms with van der Waals surface area (Å²) in [5.74, 6) is 0. The van der Waals surface area contributed by atoms with Crippen LogP contribution in [0.15, 0.2) is 41.5 Å². The van der Waals surface area contributed by atoms with Gasteiger partial charge in [0.15, 0.2) is 0 Å². The molecule has 1 fully saturated rings. The number of aryl methyl sites for hydroxylation is 1.